The van der Waals surface area contributed by atoms with Crippen molar-refractivity contribution in [2.45, 2.75) is 25.4 Å². The third-order valence-corrected chi connectivity index (χ3v) is 6.78. The normalized spacial score (nSPS) is 16.2. The Morgan fingerprint density at radius 1 is 0.970 bits per heavy atom. The van der Waals surface area contributed by atoms with Crippen molar-refractivity contribution >= 4 is 35.0 Å². The van der Waals surface area contributed by atoms with Crippen molar-refractivity contribution in [2.75, 3.05) is 16.0 Å². The number of anilines is 2. The van der Waals surface area contributed by atoms with Gasteiger partial charge in [0.05, 0.1) is 11.3 Å². The van der Waals surface area contributed by atoms with E-state index in [-0.39, 0.29) is 16.8 Å². The van der Waals surface area contributed by atoms with Crippen molar-refractivity contribution in [3.63, 3.8) is 0 Å². The minimum absolute atomic E-state index is 0.0351. The maximum Gasteiger partial charge on any atom is 0.416 e. The third-order valence-electron chi connectivity index (χ3n) is 5.56. The molecule has 0 aromatic heterocycles. The van der Waals surface area contributed by atoms with Crippen molar-refractivity contribution in [3.05, 3.63) is 94.5 Å². The number of nitrogens with zero attached hydrogens (tertiary/aromatic N) is 1. The molecule has 0 radical (unpaired) electrons. The Labute approximate surface area is 193 Å². The van der Waals surface area contributed by atoms with Gasteiger partial charge in [0, 0.05) is 16.9 Å². The first-order valence-corrected chi connectivity index (χ1v) is 11.3. The maximum atomic E-state index is 12.7. The number of nitrogens with one attached hydrogen (secondary N) is 1. The van der Waals surface area contributed by atoms with Crippen LogP contribution in [-0.4, -0.2) is 17.6 Å². The molecule has 3 aromatic rings. The van der Waals surface area contributed by atoms with Gasteiger partial charge in [-0.05, 0) is 79.1 Å². The van der Waals surface area contributed by atoms with Gasteiger partial charge in [0.25, 0.3) is 5.91 Å². The molecule has 170 valence electrons. The van der Waals surface area contributed by atoms with Gasteiger partial charge in [-0.15, -0.1) is 11.8 Å². The second-order valence-electron chi connectivity index (χ2n) is 7.85. The Morgan fingerprint density at radius 3 is 2.24 bits per heavy atom. The Kier molecular flexibility index (Phi) is 6.21. The van der Waals surface area contributed by atoms with Crippen LogP contribution in [0.15, 0.2) is 66.7 Å². The molecule has 4 nitrogen and oxygen atoms in total. The van der Waals surface area contributed by atoms with E-state index in [1.54, 1.807) is 17.0 Å². The first-order valence-electron chi connectivity index (χ1n) is 10.2. The van der Waals surface area contributed by atoms with E-state index in [4.69, 9.17) is 0 Å². The molecule has 8 heteroatoms. The molecule has 0 spiro atoms. The molecule has 33 heavy (non-hydrogen) atoms. The monoisotopic (exact) mass is 470 g/mol. The van der Waals surface area contributed by atoms with Gasteiger partial charge >= 0.3 is 6.18 Å². The molecule has 1 N–H and O–H groups in total. The number of rotatable bonds is 4. The van der Waals surface area contributed by atoms with E-state index >= 15 is 0 Å². The van der Waals surface area contributed by atoms with Crippen molar-refractivity contribution in [3.8, 4) is 0 Å². The molecule has 0 aliphatic carbocycles. The number of aryl methyl sites for hydroxylation is 2. The minimum atomic E-state index is -4.45. The number of alkyl halides is 3. The summed E-state index contributed by atoms with van der Waals surface area (Å²) in [6.45, 7) is 4.03. The van der Waals surface area contributed by atoms with Gasteiger partial charge in [-0.1, -0.05) is 18.2 Å². The molecular formula is C25H21F3N2O2S. The van der Waals surface area contributed by atoms with Gasteiger partial charge in [-0.25, -0.2) is 0 Å². The van der Waals surface area contributed by atoms with Crippen LogP contribution in [0.5, 0.6) is 0 Å². The number of carbonyl (C=O) groups excluding carboxylic acids is 2. The Morgan fingerprint density at radius 2 is 1.64 bits per heavy atom. The molecule has 0 saturated carbocycles. The summed E-state index contributed by atoms with van der Waals surface area (Å²) in [6, 6.07) is 17.1. The summed E-state index contributed by atoms with van der Waals surface area (Å²) in [5.74, 6) is -0.0872. The number of amides is 2. The zero-order chi connectivity index (χ0) is 23.8. The number of halogens is 3. The molecule has 1 aliphatic heterocycles. The molecule has 4 rings (SSSR count). The molecule has 1 atom stereocenters. The fourth-order valence-corrected chi connectivity index (χ4v) is 4.75. The van der Waals surface area contributed by atoms with Crippen LogP contribution >= 0.6 is 11.8 Å². The molecular weight excluding hydrogens is 449 g/mol. The van der Waals surface area contributed by atoms with Crippen LogP contribution in [0.2, 0.25) is 0 Å². The van der Waals surface area contributed by atoms with Gasteiger partial charge in [0.2, 0.25) is 5.91 Å². The van der Waals surface area contributed by atoms with Gasteiger partial charge in [-0.2, -0.15) is 13.2 Å². The number of benzene rings is 3. The molecule has 1 fully saturated rings. The summed E-state index contributed by atoms with van der Waals surface area (Å²) >= 11 is 1.53. The zero-order valence-electron chi connectivity index (χ0n) is 17.9. The second kappa shape index (κ2) is 8.94. The zero-order valence-corrected chi connectivity index (χ0v) is 18.8. The standard InChI is InChI=1S/C25H21F3N2O2S/c1-15-3-12-21(13-16(15)2)30-22(31)14-33-24(30)18-6-10-20(11-7-18)29-23(32)17-4-8-19(9-5-17)25(26,27)28/h3-13,24H,14H2,1-2H3,(H,29,32). The number of hydrogen-bond acceptors (Lipinski definition) is 3. The van der Waals surface area contributed by atoms with E-state index in [1.807, 2.05) is 44.2 Å². The summed E-state index contributed by atoms with van der Waals surface area (Å²) in [5, 5.41) is 2.51. The first-order chi connectivity index (χ1) is 15.6. The van der Waals surface area contributed by atoms with Crippen LogP contribution in [0.4, 0.5) is 24.5 Å². The Bertz CT molecular complexity index is 1190. The molecule has 3 aromatic carbocycles. The Balaban J connectivity index is 1.49. The van der Waals surface area contributed by atoms with Crippen LogP contribution in [0.3, 0.4) is 0 Å². The average Bonchev–Trinajstić information content (AvgIpc) is 3.17. The predicted molar refractivity (Wildman–Crippen MR) is 124 cm³/mol. The number of thioether (sulfide) groups is 1. The highest BCUT2D eigenvalue weighted by atomic mass is 32.2. The van der Waals surface area contributed by atoms with E-state index in [1.165, 1.54) is 11.8 Å². The lowest BCUT2D eigenvalue weighted by atomic mass is 10.1. The van der Waals surface area contributed by atoms with Crippen molar-refractivity contribution < 1.29 is 22.8 Å². The van der Waals surface area contributed by atoms with Crippen LogP contribution in [0, 0.1) is 13.8 Å². The van der Waals surface area contributed by atoms with E-state index in [0.717, 1.165) is 46.6 Å². The van der Waals surface area contributed by atoms with Crippen molar-refractivity contribution in [1.82, 2.24) is 0 Å². The van der Waals surface area contributed by atoms with E-state index in [9.17, 15) is 22.8 Å². The van der Waals surface area contributed by atoms with Gasteiger partial charge in [-0.3, -0.25) is 14.5 Å². The lowest BCUT2D eigenvalue weighted by molar-refractivity contribution is -0.137. The highest BCUT2D eigenvalue weighted by Crippen LogP contribution is 2.42. The molecule has 0 bridgehead atoms. The fourth-order valence-electron chi connectivity index (χ4n) is 3.57. The largest absolute Gasteiger partial charge is 0.416 e. The quantitative estimate of drug-likeness (QED) is 0.483. The van der Waals surface area contributed by atoms with Crippen LogP contribution in [0.25, 0.3) is 0 Å². The van der Waals surface area contributed by atoms with Gasteiger partial charge in [0.15, 0.2) is 0 Å². The molecule has 1 unspecified atom stereocenters. The summed E-state index contributed by atoms with van der Waals surface area (Å²) in [6.07, 6.45) is -4.45. The molecule has 1 aliphatic rings. The second-order valence-corrected chi connectivity index (χ2v) is 8.92. The SMILES string of the molecule is Cc1ccc(N2C(=O)CSC2c2ccc(NC(=O)c3ccc(C(F)(F)F)cc3)cc2)cc1C. The summed E-state index contributed by atoms with van der Waals surface area (Å²) in [4.78, 5) is 26.8. The van der Waals surface area contributed by atoms with E-state index in [0.29, 0.717) is 11.4 Å². The lowest BCUT2D eigenvalue weighted by Gasteiger charge is -2.25. The number of carbonyl (C=O) groups is 2. The molecule has 2 amide bonds. The summed E-state index contributed by atoms with van der Waals surface area (Å²) in [5.41, 5.74) is 3.86. The maximum absolute atomic E-state index is 12.7. The molecule has 1 saturated heterocycles. The summed E-state index contributed by atoms with van der Waals surface area (Å²) in [7, 11) is 0. The smallest absolute Gasteiger partial charge is 0.322 e. The fraction of sp³-hybridized carbons (Fsp3) is 0.200. The van der Waals surface area contributed by atoms with Gasteiger partial charge < -0.3 is 5.32 Å². The predicted octanol–water partition coefficient (Wildman–Crippen LogP) is 6.35. The number of hydrogen-bond donors (Lipinski definition) is 1. The Hall–Kier alpha value is -3.26. The van der Waals surface area contributed by atoms with Crippen LogP contribution < -0.4 is 10.2 Å². The topological polar surface area (TPSA) is 49.4 Å². The average molecular weight is 471 g/mol. The van der Waals surface area contributed by atoms with Crippen molar-refractivity contribution in [1.29, 1.82) is 0 Å². The minimum Gasteiger partial charge on any atom is -0.322 e. The first kappa shape index (κ1) is 22.9. The lowest BCUT2D eigenvalue weighted by Crippen LogP contribution is -2.27. The molecule has 1 heterocycles. The highest BCUT2D eigenvalue weighted by Gasteiger charge is 2.34. The third kappa shape index (κ3) is 4.90. The highest BCUT2D eigenvalue weighted by molar-refractivity contribution is 8.00. The van der Waals surface area contributed by atoms with E-state index in [2.05, 4.69) is 5.32 Å². The van der Waals surface area contributed by atoms with E-state index < -0.39 is 17.6 Å². The van der Waals surface area contributed by atoms with Gasteiger partial charge in [0.1, 0.15) is 5.37 Å². The van der Waals surface area contributed by atoms with Crippen LogP contribution in [0.1, 0.15) is 38.0 Å². The van der Waals surface area contributed by atoms with Crippen LogP contribution in [-0.2, 0) is 11.0 Å². The summed E-state index contributed by atoms with van der Waals surface area (Å²) < 4.78 is 38.1. The van der Waals surface area contributed by atoms with Crippen molar-refractivity contribution in [2.24, 2.45) is 0 Å².